The van der Waals surface area contributed by atoms with E-state index in [1.165, 1.54) is 7.11 Å². The van der Waals surface area contributed by atoms with E-state index in [-0.39, 0.29) is 18.2 Å². The van der Waals surface area contributed by atoms with Gasteiger partial charge in [-0.25, -0.2) is 0 Å². The molecule has 0 aliphatic heterocycles. The number of hydrogen-bond donors (Lipinski definition) is 1. The molecule has 2 rings (SSSR count). The van der Waals surface area contributed by atoms with Gasteiger partial charge in [0, 0.05) is 23.9 Å². The summed E-state index contributed by atoms with van der Waals surface area (Å²) in [6, 6.07) is 11.3. The number of amides is 1. The molecule has 0 aliphatic carbocycles. The molecule has 1 N–H and O–H groups in total. The van der Waals surface area contributed by atoms with Gasteiger partial charge in [0.2, 0.25) is 0 Å². The average molecular weight is 368 g/mol. The highest BCUT2D eigenvalue weighted by Gasteiger charge is 2.19. The van der Waals surface area contributed by atoms with E-state index in [9.17, 15) is 4.79 Å². The van der Waals surface area contributed by atoms with E-state index in [1.807, 2.05) is 51.1 Å². The van der Waals surface area contributed by atoms with Gasteiger partial charge >= 0.3 is 0 Å². The van der Waals surface area contributed by atoms with Crippen molar-refractivity contribution in [1.29, 1.82) is 0 Å². The van der Waals surface area contributed by atoms with Gasteiger partial charge in [-0.2, -0.15) is 0 Å². The Morgan fingerprint density at radius 1 is 1.15 bits per heavy atom. The number of oxime groups is 2. The predicted octanol–water partition coefficient (Wildman–Crippen LogP) is 2.74. The first-order chi connectivity index (χ1) is 13.0. The third kappa shape index (κ3) is 5.13. The number of nitrogens with zero attached hydrogens (tertiary/aromatic N) is 3. The van der Waals surface area contributed by atoms with Crippen molar-refractivity contribution < 1.29 is 14.5 Å². The van der Waals surface area contributed by atoms with Crippen molar-refractivity contribution in [3.05, 3.63) is 64.5 Å². The quantitative estimate of drug-likeness (QED) is 0.601. The zero-order valence-corrected chi connectivity index (χ0v) is 16.2. The molecule has 0 atom stereocenters. The minimum absolute atomic E-state index is 0.184. The summed E-state index contributed by atoms with van der Waals surface area (Å²) in [5, 5.41) is 10.6. The number of rotatable bonds is 7. The van der Waals surface area contributed by atoms with E-state index in [4.69, 9.17) is 9.68 Å². The van der Waals surface area contributed by atoms with E-state index in [0.717, 1.165) is 22.5 Å². The number of hydrogen-bond acceptors (Lipinski definition) is 6. The van der Waals surface area contributed by atoms with E-state index in [0.29, 0.717) is 11.3 Å². The second-order valence-corrected chi connectivity index (χ2v) is 5.92. The maximum absolute atomic E-state index is 12.2. The zero-order chi connectivity index (χ0) is 19.8. The molecule has 0 saturated heterocycles. The summed E-state index contributed by atoms with van der Waals surface area (Å²) in [4.78, 5) is 27.0. The molecular weight excluding hydrogens is 344 g/mol. The van der Waals surface area contributed by atoms with Crippen LogP contribution in [0.25, 0.3) is 0 Å². The average Bonchev–Trinajstić information content (AvgIpc) is 2.66. The van der Waals surface area contributed by atoms with Crippen LogP contribution in [0.5, 0.6) is 0 Å². The largest absolute Gasteiger partial charge is 0.398 e. The van der Waals surface area contributed by atoms with Crippen LogP contribution in [0.1, 0.15) is 35.0 Å². The summed E-state index contributed by atoms with van der Waals surface area (Å²) in [6.45, 7) is 5.88. The van der Waals surface area contributed by atoms with E-state index in [2.05, 4.69) is 20.6 Å². The van der Waals surface area contributed by atoms with Crippen LogP contribution in [0.4, 0.5) is 0 Å². The van der Waals surface area contributed by atoms with Gasteiger partial charge in [-0.05, 0) is 38.5 Å². The van der Waals surface area contributed by atoms with Crippen LogP contribution in [0, 0.1) is 13.8 Å². The van der Waals surface area contributed by atoms with Crippen molar-refractivity contribution in [1.82, 2.24) is 10.3 Å². The summed E-state index contributed by atoms with van der Waals surface area (Å²) in [5.74, 6) is -0.340. The first-order valence-corrected chi connectivity index (χ1v) is 8.50. The van der Waals surface area contributed by atoms with Gasteiger partial charge < -0.3 is 15.0 Å². The lowest BCUT2D eigenvalue weighted by Crippen LogP contribution is -2.29. The van der Waals surface area contributed by atoms with E-state index in [1.54, 1.807) is 13.1 Å². The van der Waals surface area contributed by atoms with Gasteiger partial charge in [-0.15, -0.1) is 0 Å². The van der Waals surface area contributed by atoms with Crippen molar-refractivity contribution >= 4 is 17.3 Å². The Morgan fingerprint density at radius 2 is 1.89 bits per heavy atom. The summed E-state index contributed by atoms with van der Waals surface area (Å²) in [5.41, 5.74) is 4.93. The Hall–Kier alpha value is -3.22. The molecule has 142 valence electrons. The number of aryl methyl sites for hydroxylation is 2. The molecule has 0 spiro atoms. The highest BCUT2D eigenvalue weighted by Crippen LogP contribution is 2.17. The van der Waals surface area contributed by atoms with Crippen LogP contribution in [0.2, 0.25) is 0 Å². The van der Waals surface area contributed by atoms with E-state index < -0.39 is 0 Å². The first kappa shape index (κ1) is 20.1. The lowest BCUT2D eigenvalue weighted by atomic mass is 9.98. The molecule has 7 heteroatoms. The van der Waals surface area contributed by atoms with Gasteiger partial charge in [0.05, 0.1) is 5.69 Å². The molecule has 0 fully saturated rings. The smallest absolute Gasteiger partial charge is 0.273 e. The lowest BCUT2D eigenvalue weighted by molar-refractivity contribution is -0.114. The Bertz CT molecular complexity index is 875. The Labute approximate surface area is 159 Å². The highest BCUT2D eigenvalue weighted by atomic mass is 16.6. The molecule has 1 heterocycles. The fourth-order valence-electron chi connectivity index (χ4n) is 2.52. The third-order valence-corrected chi connectivity index (χ3v) is 3.96. The molecule has 1 aromatic heterocycles. The van der Waals surface area contributed by atoms with Crippen LogP contribution < -0.4 is 5.32 Å². The molecule has 1 amide bonds. The fourth-order valence-corrected chi connectivity index (χ4v) is 2.52. The third-order valence-electron chi connectivity index (χ3n) is 3.96. The Morgan fingerprint density at radius 3 is 2.56 bits per heavy atom. The molecule has 0 aliphatic rings. The van der Waals surface area contributed by atoms with Crippen molar-refractivity contribution in [3.8, 4) is 0 Å². The normalized spacial score (nSPS) is 11.9. The number of aromatic nitrogens is 1. The fraction of sp³-hybridized carbons (Fsp3) is 0.300. The molecule has 0 radical (unpaired) electrons. The number of carbonyl (C=O) groups is 1. The standard InChI is InChI=1S/C20H24N4O3/c1-13-8-6-10-16(19(24-26-5)20(25)21-4)17(13)12-27-23-15(3)18-11-7-9-14(2)22-18/h6-11H,12H2,1-5H3,(H,21,25)/b23-15+,24-19+. The monoisotopic (exact) mass is 368 g/mol. The number of benzene rings is 1. The summed E-state index contributed by atoms with van der Waals surface area (Å²) in [7, 11) is 2.94. The Balaban J connectivity index is 2.27. The van der Waals surface area contributed by atoms with Crippen LogP contribution in [0.15, 0.2) is 46.7 Å². The summed E-state index contributed by atoms with van der Waals surface area (Å²) in [6.07, 6.45) is 0. The molecule has 0 bridgehead atoms. The minimum atomic E-state index is -0.340. The second-order valence-electron chi connectivity index (χ2n) is 5.92. The number of likely N-dealkylation sites (N-methyl/N-ethyl adjacent to an activating group) is 1. The molecule has 2 aromatic rings. The maximum Gasteiger partial charge on any atom is 0.273 e. The van der Waals surface area contributed by atoms with Crippen LogP contribution >= 0.6 is 0 Å². The molecule has 7 nitrogen and oxygen atoms in total. The number of carbonyl (C=O) groups excluding carboxylic acids is 1. The van der Waals surface area contributed by atoms with Crippen LogP contribution in [-0.2, 0) is 21.1 Å². The van der Waals surface area contributed by atoms with Crippen molar-refractivity contribution in [2.45, 2.75) is 27.4 Å². The van der Waals surface area contributed by atoms with Crippen molar-refractivity contribution in [2.24, 2.45) is 10.3 Å². The van der Waals surface area contributed by atoms with Crippen molar-refractivity contribution in [3.63, 3.8) is 0 Å². The molecule has 27 heavy (non-hydrogen) atoms. The van der Waals surface area contributed by atoms with Crippen LogP contribution in [0.3, 0.4) is 0 Å². The topological polar surface area (TPSA) is 85.2 Å². The van der Waals surface area contributed by atoms with E-state index >= 15 is 0 Å². The van der Waals surface area contributed by atoms with Gasteiger partial charge in [0.25, 0.3) is 5.91 Å². The maximum atomic E-state index is 12.2. The number of nitrogens with one attached hydrogen (secondary N) is 1. The number of pyridine rings is 1. The van der Waals surface area contributed by atoms with Crippen molar-refractivity contribution in [2.75, 3.05) is 14.2 Å². The molecule has 0 unspecified atom stereocenters. The first-order valence-electron chi connectivity index (χ1n) is 8.50. The van der Waals surface area contributed by atoms with Gasteiger partial charge in [-0.3, -0.25) is 9.78 Å². The second kappa shape index (κ2) is 9.47. The van der Waals surface area contributed by atoms with Gasteiger partial charge in [0.1, 0.15) is 19.4 Å². The van der Waals surface area contributed by atoms with Gasteiger partial charge in [0.15, 0.2) is 5.71 Å². The zero-order valence-electron chi connectivity index (χ0n) is 16.2. The SMILES string of the molecule is CNC(=O)/C(=N/OC)c1cccc(C)c1CO/N=C(\C)c1cccc(C)n1. The molecular formula is C20H24N4O3. The highest BCUT2D eigenvalue weighted by molar-refractivity contribution is 6.45. The predicted molar refractivity (Wildman–Crippen MR) is 105 cm³/mol. The van der Waals surface area contributed by atoms with Gasteiger partial charge in [-0.1, -0.05) is 34.6 Å². The molecule has 1 aromatic carbocycles. The summed E-state index contributed by atoms with van der Waals surface area (Å²) < 4.78 is 0. The lowest BCUT2D eigenvalue weighted by Gasteiger charge is -2.13. The minimum Gasteiger partial charge on any atom is -0.398 e. The Kier molecular flexibility index (Phi) is 7.05. The molecule has 0 saturated carbocycles. The summed E-state index contributed by atoms with van der Waals surface area (Å²) >= 11 is 0. The van der Waals surface area contributed by atoms with Crippen LogP contribution in [-0.4, -0.2) is 36.5 Å².